The predicted octanol–water partition coefficient (Wildman–Crippen LogP) is 3.53. The van der Waals surface area contributed by atoms with Crippen LogP contribution in [0.4, 0.5) is 13.2 Å². The van der Waals surface area contributed by atoms with Crippen LogP contribution in [-0.2, 0) is 12.0 Å². The number of rotatable bonds is 4. The molecule has 0 amide bonds. The number of halogens is 3. The van der Waals surface area contributed by atoms with Crippen molar-refractivity contribution in [1.82, 2.24) is 0 Å². The van der Waals surface area contributed by atoms with E-state index in [1.54, 1.807) is 38.3 Å². The molecule has 2 rings (SSSR count). The third-order valence-electron chi connectivity index (χ3n) is 3.38. The standard InChI is InChI=1S/C16H16F3NO/c1-16(20,9-10-3-5-11(21-2)6-4-10)12-7-8-13(17)15(19)14(12)18/h3-8H,9,20H2,1-2H3. The summed E-state index contributed by atoms with van der Waals surface area (Å²) in [5.74, 6) is -3.28. The number of nitrogens with two attached hydrogens (primary N) is 1. The van der Waals surface area contributed by atoms with Crippen molar-refractivity contribution in [3.63, 3.8) is 0 Å². The van der Waals surface area contributed by atoms with Crippen molar-refractivity contribution in [1.29, 1.82) is 0 Å². The third-order valence-corrected chi connectivity index (χ3v) is 3.38. The summed E-state index contributed by atoms with van der Waals surface area (Å²) in [6.07, 6.45) is 0.277. The van der Waals surface area contributed by atoms with Gasteiger partial charge in [-0.05, 0) is 37.1 Å². The van der Waals surface area contributed by atoms with Crippen molar-refractivity contribution in [2.45, 2.75) is 18.9 Å². The maximum Gasteiger partial charge on any atom is 0.194 e. The Balaban J connectivity index is 2.31. The smallest absolute Gasteiger partial charge is 0.194 e. The van der Waals surface area contributed by atoms with Crippen LogP contribution in [-0.4, -0.2) is 7.11 Å². The monoisotopic (exact) mass is 295 g/mol. The van der Waals surface area contributed by atoms with E-state index in [2.05, 4.69) is 0 Å². The summed E-state index contributed by atoms with van der Waals surface area (Å²) in [7, 11) is 1.55. The third kappa shape index (κ3) is 3.19. The zero-order chi connectivity index (χ0) is 15.6. The fourth-order valence-corrected chi connectivity index (χ4v) is 2.23. The Morgan fingerprint density at radius 1 is 1.00 bits per heavy atom. The van der Waals surface area contributed by atoms with Crippen LogP contribution in [0.2, 0.25) is 0 Å². The van der Waals surface area contributed by atoms with Gasteiger partial charge in [0.1, 0.15) is 5.75 Å². The molecule has 0 bridgehead atoms. The lowest BCUT2D eigenvalue weighted by molar-refractivity contribution is 0.403. The summed E-state index contributed by atoms with van der Waals surface area (Å²) < 4.78 is 45.2. The fraction of sp³-hybridized carbons (Fsp3) is 0.250. The average Bonchev–Trinajstić information content (AvgIpc) is 2.45. The van der Waals surface area contributed by atoms with Crippen LogP contribution >= 0.6 is 0 Å². The van der Waals surface area contributed by atoms with E-state index in [0.29, 0.717) is 5.75 Å². The van der Waals surface area contributed by atoms with Crippen molar-refractivity contribution in [3.05, 3.63) is 65.0 Å². The Labute approximate surface area is 121 Å². The van der Waals surface area contributed by atoms with Crippen LogP contribution in [0.5, 0.6) is 5.75 Å². The molecule has 2 N–H and O–H groups in total. The maximum atomic E-state index is 13.9. The Morgan fingerprint density at radius 2 is 1.62 bits per heavy atom. The second-order valence-corrected chi connectivity index (χ2v) is 5.17. The highest BCUT2D eigenvalue weighted by atomic mass is 19.2. The summed E-state index contributed by atoms with van der Waals surface area (Å²) >= 11 is 0. The molecule has 1 atom stereocenters. The SMILES string of the molecule is COc1ccc(CC(C)(N)c2ccc(F)c(F)c2F)cc1. The first-order chi connectivity index (χ1) is 9.85. The molecule has 2 aromatic rings. The average molecular weight is 295 g/mol. The number of hydrogen-bond acceptors (Lipinski definition) is 2. The molecule has 1 unspecified atom stereocenters. The first-order valence-corrected chi connectivity index (χ1v) is 6.41. The van der Waals surface area contributed by atoms with E-state index in [1.807, 2.05) is 0 Å². The van der Waals surface area contributed by atoms with Gasteiger partial charge in [0.15, 0.2) is 17.5 Å². The molecule has 21 heavy (non-hydrogen) atoms. The van der Waals surface area contributed by atoms with Gasteiger partial charge in [0.2, 0.25) is 0 Å². The summed E-state index contributed by atoms with van der Waals surface area (Å²) in [6.45, 7) is 1.58. The molecule has 112 valence electrons. The van der Waals surface area contributed by atoms with Gasteiger partial charge < -0.3 is 10.5 Å². The summed E-state index contributed by atoms with van der Waals surface area (Å²) in [5, 5.41) is 0. The van der Waals surface area contributed by atoms with E-state index < -0.39 is 23.0 Å². The lowest BCUT2D eigenvalue weighted by Crippen LogP contribution is -2.36. The van der Waals surface area contributed by atoms with Gasteiger partial charge in [-0.2, -0.15) is 0 Å². The molecule has 2 nitrogen and oxygen atoms in total. The molecule has 0 fully saturated rings. The van der Waals surface area contributed by atoms with Crippen LogP contribution in [0.1, 0.15) is 18.1 Å². The number of ether oxygens (including phenoxy) is 1. The maximum absolute atomic E-state index is 13.9. The van der Waals surface area contributed by atoms with Crippen molar-refractivity contribution in [2.24, 2.45) is 5.73 Å². The van der Waals surface area contributed by atoms with Crippen LogP contribution < -0.4 is 10.5 Å². The van der Waals surface area contributed by atoms with Gasteiger partial charge >= 0.3 is 0 Å². The second kappa shape index (κ2) is 5.77. The molecule has 0 radical (unpaired) electrons. The Kier molecular flexibility index (Phi) is 4.23. The minimum Gasteiger partial charge on any atom is -0.497 e. The van der Waals surface area contributed by atoms with Crippen LogP contribution in [0, 0.1) is 17.5 Å². The lowest BCUT2D eigenvalue weighted by atomic mass is 9.86. The second-order valence-electron chi connectivity index (χ2n) is 5.17. The fourth-order valence-electron chi connectivity index (χ4n) is 2.23. The Morgan fingerprint density at radius 3 is 2.19 bits per heavy atom. The van der Waals surface area contributed by atoms with Crippen molar-refractivity contribution >= 4 is 0 Å². The van der Waals surface area contributed by atoms with Gasteiger partial charge in [0.25, 0.3) is 0 Å². The first-order valence-electron chi connectivity index (χ1n) is 6.41. The molecule has 0 aliphatic carbocycles. The van der Waals surface area contributed by atoms with Crippen molar-refractivity contribution in [2.75, 3.05) is 7.11 Å². The molecule has 5 heteroatoms. The van der Waals surface area contributed by atoms with E-state index >= 15 is 0 Å². The Bertz CT molecular complexity index is 639. The quantitative estimate of drug-likeness (QED) is 0.876. The molecule has 0 spiro atoms. The summed E-state index contributed by atoms with van der Waals surface area (Å²) in [6, 6.07) is 9.16. The highest BCUT2D eigenvalue weighted by Gasteiger charge is 2.28. The molecule has 0 aliphatic rings. The molecular weight excluding hydrogens is 279 g/mol. The van der Waals surface area contributed by atoms with Crippen molar-refractivity contribution in [3.8, 4) is 5.75 Å². The molecule has 0 aliphatic heterocycles. The van der Waals surface area contributed by atoms with E-state index in [9.17, 15) is 13.2 Å². The molecular formula is C16H16F3NO. The first kappa shape index (κ1) is 15.4. The molecule has 2 aromatic carbocycles. The summed E-state index contributed by atoms with van der Waals surface area (Å²) in [5.41, 5.74) is 5.72. The van der Waals surface area contributed by atoms with Gasteiger partial charge in [-0.1, -0.05) is 18.2 Å². The molecule has 0 saturated carbocycles. The molecule has 0 heterocycles. The number of methoxy groups -OCH3 is 1. The van der Waals surface area contributed by atoms with Gasteiger partial charge in [-0.15, -0.1) is 0 Å². The zero-order valence-corrected chi connectivity index (χ0v) is 11.8. The molecule has 0 aromatic heterocycles. The van der Waals surface area contributed by atoms with E-state index in [0.717, 1.165) is 11.6 Å². The van der Waals surface area contributed by atoms with E-state index in [4.69, 9.17) is 10.5 Å². The largest absolute Gasteiger partial charge is 0.497 e. The lowest BCUT2D eigenvalue weighted by Gasteiger charge is -2.26. The van der Waals surface area contributed by atoms with E-state index in [1.165, 1.54) is 6.07 Å². The van der Waals surface area contributed by atoms with Gasteiger partial charge in [-0.3, -0.25) is 0 Å². The van der Waals surface area contributed by atoms with Gasteiger partial charge in [-0.25, -0.2) is 13.2 Å². The number of benzene rings is 2. The zero-order valence-electron chi connectivity index (χ0n) is 11.8. The normalized spacial score (nSPS) is 13.8. The highest BCUT2D eigenvalue weighted by Crippen LogP contribution is 2.28. The predicted molar refractivity (Wildman–Crippen MR) is 74.6 cm³/mol. The van der Waals surface area contributed by atoms with Crippen molar-refractivity contribution < 1.29 is 17.9 Å². The van der Waals surface area contributed by atoms with E-state index in [-0.39, 0.29) is 12.0 Å². The highest BCUT2D eigenvalue weighted by molar-refractivity contribution is 5.32. The topological polar surface area (TPSA) is 35.2 Å². The van der Waals surface area contributed by atoms with Gasteiger partial charge in [0.05, 0.1) is 7.11 Å². The minimum atomic E-state index is -1.50. The van der Waals surface area contributed by atoms with Crippen LogP contribution in [0.3, 0.4) is 0 Å². The summed E-state index contributed by atoms with van der Waals surface area (Å²) in [4.78, 5) is 0. The Hall–Kier alpha value is -2.01. The van der Waals surface area contributed by atoms with Crippen LogP contribution in [0.15, 0.2) is 36.4 Å². The van der Waals surface area contributed by atoms with Crippen LogP contribution in [0.25, 0.3) is 0 Å². The minimum absolute atomic E-state index is 0.0581. The number of hydrogen-bond donors (Lipinski definition) is 1. The van der Waals surface area contributed by atoms with Gasteiger partial charge in [0, 0.05) is 11.1 Å². The molecule has 0 saturated heterocycles.